The van der Waals surface area contributed by atoms with Gasteiger partial charge in [-0.2, -0.15) is 0 Å². The molecule has 3 aromatic rings. The van der Waals surface area contributed by atoms with Crippen molar-refractivity contribution in [1.29, 1.82) is 0 Å². The van der Waals surface area contributed by atoms with Crippen LogP contribution in [-0.4, -0.2) is 76.9 Å². The SMILES string of the molecule is CCN(CC)c1ccc(-n2c(C)cc([C@H]3[C@@H](c4ccccn4)NC(=S)N3CCCN3CCOCC3)c2C)cc1. The zero-order valence-corrected chi connectivity index (χ0v) is 24.6. The maximum atomic E-state index is 5.94. The first kappa shape index (κ1) is 27.6. The highest BCUT2D eigenvalue weighted by Gasteiger charge is 2.41. The average molecular weight is 547 g/mol. The summed E-state index contributed by atoms with van der Waals surface area (Å²) in [5, 5.41) is 4.44. The Labute approximate surface area is 238 Å². The number of thiocarbonyl (C=S) groups is 1. The zero-order valence-electron chi connectivity index (χ0n) is 23.8. The van der Waals surface area contributed by atoms with Gasteiger partial charge in [0.25, 0.3) is 0 Å². The van der Waals surface area contributed by atoms with Crippen LogP contribution in [-0.2, 0) is 4.74 Å². The van der Waals surface area contributed by atoms with Crippen molar-refractivity contribution in [3.63, 3.8) is 0 Å². The molecule has 0 spiro atoms. The van der Waals surface area contributed by atoms with Crippen LogP contribution >= 0.6 is 12.2 Å². The van der Waals surface area contributed by atoms with E-state index in [1.165, 1.54) is 28.3 Å². The number of hydrogen-bond donors (Lipinski definition) is 1. The number of hydrogen-bond acceptors (Lipinski definition) is 5. The van der Waals surface area contributed by atoms with Crippen LogP contribution in [0.2, 0.25) is 0 Å². The summed E-state index contributed by atoms with van der Waals surface area (Å²) in [6.45, 7) is 16.5. The standard InChI is InChI=1S/C31H42N6OS/c1-5-35(6-2)25-11-13-26(14-12-25)37-23(3)22-27(24(37)4)30-29(28-10-7-8-15-32-28)33-31(39)36(30)17-9-16-34-18-20-38-21-19-34/h7-8,10-15,22,29-30H,5-6,9,16-21H2,1-4H3,(H,33,39)/t29-,30+/m1/s1. The monoisotopic (exact) mass is 546 g/mol. The number of anilines is 1. The minimum absolute atomic E-state index is 0.000999. The molecule has 2 aliphatic heterocycles. The molecule has 4 heterocycles. The molecule has 0 amide bonds. The summed E-state index contributed by atoms with van der Waals surface area (Å²) in [4.78, 5) is 12.0. The second-order valence-corrected chi connectivity index (χ2v) is 10.9. The molecular formula is C31H42N6OS. The average Bonchev–Trinajstić information content (AvgIpc) is 3.45. The van der Waals surface area contributed by atoms with Crippen molar-refractivity contribution in [3.8, 4) is 5.69 Å². The van der Waals surface area contributed by atoms with Crippen molar-refractivity contribution in [2.24, 2.45) is 0 Å². The molecule has 2 atom stereocenters. The lowest BCUT2D eigenvalue weighted by molar-refractivity contribution is 0.0365. The molecule has 0 radical (unpaired) electrons. The number of rotatable bonds is 10. The topological polar surface area (TPSA) is 48.8 Å². The van der Waals surface area contributed by atoms with Gasteiger partial charge in [-0.25, -0.2) is 0 Å². The summed E-state index contributed by atoms with van der Waals surface area (Å²) in [7, 11) is 0. The lowest BCUT2D eigenvalue weighted by atomic mass is 9.96. The van der Waals surface area contributed by atoms with E-state index in [1.54, 1.807) is 0 Å². The predicted molar refractivity (Wildman–Crippen MR) is 163 cm³/mol. The first-order chi connectivity index (χ1) is 19.0. The molecule has 5 rings (SSSR count). The molecule has 2 aliphatic rings. The van der Waals surface area contributed by atoms with Gasteiger partial charge in [0.05, 0.1) is 31.0 Å². The Morgan fingerprint density at radius 2 is 1.77 bits per heavy atom. The molecule has 0 aliphatic carbocycles. The molecule has 2 aromatic heterocycles. The van der Waals surface area contributed by atoms with Gasteiger partial charge in [-0.05, 0) is 94.4 Å². The van der Waals surface area contributed by atoms with Crippen molar-refractivity contribution in [3.05, 3.63) is 77.4 Å². The van der Waals surface area contributed by atoms with Crippen LogP contribution in [0.25, 0.3) is 5.69 Å². The van der Waals surface area contributed by atoms with Gasteiger partial charge in [-0.15, -0.1) is 0 Å². The minimum atomic E-state index is 0.000999. The number of aryl methyl sites for hydroxylation is 1. The van der Waals surface area contributed by atoms with Crippen LogP contribution in [0.1, 0.15) is 55.0 Å². The summed E-state index contributed by atoms with van der Waals surface area (Å²) >= 11 is 5.94. The molecule has 1 aromatic carbocycles. The van der Waals surface area contributed by atoms with Gasteiger partial charge < -0.3 is 24.4 Å². The van der Waals surface area contributed by atoms with Gasteiger partial charge in [0.1, 0.15) is 0 Å². The molecule has 8 heteroatoms. The number of benzene rings is 1. The molecule has 39 heavy (non-hydrogen) atoms. The maximum Gasteiger partial charge on any atom is 0.170 e. The Morgan fingerprint density at radius 3 is 2.44 bits per heavy atom. The van der Waals surface area contributed by atoms with Crippen LogP contribution in [0.4, 0.5) is 5.69 Å². The van der Waals surface area contributed by atoms with Crippen LogP contribution in [0.15, 0.2) is 54.7 Å². The van der Waals surface area contributed by atoms with Gasteiger partial charge in [-0.3, -0.25) is 9.88 Å². The van der Waals surface area contributed by atoms with E-state index in [2.05, 4.69) is 94.7 Å². The third-order valence-electron chi connectivity index (χ3n) is 8.20. The highest BCUT2D eigenvalue weighted by Crippen LogP contribution is 2.41. The summed E-state index contributed by atoms with van der Waals surface area (Å²) in [5.74, 6) is 0. The molecular weight excluding hydrogens is 504 g/mol. The number of pyridine rings is 1. The fraction of sp³-hybridized carbons (Fsp3) is 0.484. The van der Waals surface area contributed by atoms with Crippen LogP contribution in [0.5, 0.6) is 0 Å². The van der Waals surface area contributed by atoms with Gasteiger partial charge in [0.15, 0.2) is 5.11 Å². The maximum absolute atomic E-state index is 5.94. The normalized spacial score (nSPS) is 19.9. The van der Waals surface area contributed by atoms with E-state index < -0.39 is 0 Å². The van der Waals surface area contributed by atoms with Crippen LogP contribution in [0.3, 0.4) is 0 Å². The smallest absolute Gasteiger partial charge is 0.170 e. The van der Waals surface area contributed by atoms with Gasteiger partial charge in [-0.1, -0.05) is 6.07 Å². The number of nitrogens with zero attached hydrogens (tertiary/aromatic N) is 5. The van der Waals surface area contributed by atoms with E-state index in [0.717, 1.165) is 69.7 Å². The molecule has 1 N–H and O–H groups in total. The van der Waals surface area contributed by atoms with Gasteiger partial charge in [0.2, 0.25) is 0 Å². The Hall–Kier alpha value is -2.94. The lowest BCUT2D eigenvalue weighted by Crippen LogP contribution is -2.39. The van der Waals surface area contributed by atoms with Crippen molar-refractivity contribution >= 4 is 23.0 Å². The van der Waals surface area contributed by atoms with E-state index >= 15 is 0 Å². The van der Waals surface area contributed by atoms with Crippen molar-refractivity contribution in [1.82, 2.24) is 24.7 Å². The zero-order chi connectivity index (χ0) is 27.4. The Morgan fingerprint density at radius 1 is 1.03 bits per heavy atom. The second kappa shape index (κ2) is 12.5. The van der Waals surface area contributed by atoms with Crippen LogP contribution < -0.4 is 10.2 Å². The van der Waals surface area contributed by atoms with Gasteiger partial charge >= 0.3 is 0 Å². The number of morpholine rings is 1. The predicted octanol–water partition coefficient (Wildman–Crippen LogP) is 5.03. The van der Waals surface area contributed by atoms with Crippen LogP contribution in [0, 0.1) is 13.8 Å². The van der Waals surface area contributed by atoms with E-state index in [4.69, 9.17) is 21.9 Å². The van der Waals surface area contributed by atoms with E-state index in [9.17, 15) is 0 Å². The summed E-state index contributed by atoms with van der Waals surface area (Å²) in [6.07, 6.45) is 2.93. The lowest BCUT2D eigenvalue weighted by Gasteiger charge is -2.30. The summed E-state index contributed by atoms with van der Waals surface area (Å²) in [5.41, 5.74) is 7.25. The van der Waals surface area contributed by atoms with E-state index in [1.807, 2.05) is 12.3 Å². The third-order valence-corrected chi connectivity index (χ3v) is 8.55. The second-order valence-electron chi connectivity index (χ2n) is 10.5. The number of nitrogens with one attached hydrogen (secondary N) is 1. The molecule has 2 saturated heterocycles. The highest BCUT2D eigenvalue weighted by atomic mass is 32.1. The van der Waals surface area contributed by atoms with E-state index in [-0.39, 0.29) is 12.1 Å². The summed E-state index contributed by atoms with van der Waals surface area (Å²) < 4.78 is 7.91. The molecule has 2 fully saturated rings. The Kier molecular flexibility index (Phi) is 8.85. The fourth-order valence-corrected chi connectivity index (χ4v) is 6.49. The van der Waals surface area contributed by atoms with Crippen molar-refractivity contribution in [2.75, 3.05) is 57.4 Å². The van der Waals surface area contributed by atoms with Crippen molar-refractivity contribution < 1.29 is 4.74 Å². The first-order valence-electron chi connectivity index (χ1n) is 14.3. The molecule has 208 valence electrons. The van der Waals surface area contributed by atoms with Crippen molar-refractivity contribution in [2.45, 2.75) is 46.2 Å². The van der Waals surface area contributed by atoms with Gasteiger partial charge in [0, 0.05) is 68.2 Å². The largest absolute Gasteiger partial charge is 0.379 e. The molecule has 0 unspecified atom stereocenters. The Balaban J connectivity index is 1.45. The molecule has 0 bridgehead atoms. The quantitative estimate of drug-likeness (QED) is 0.358. The Bertz CT molecular complexity index is 1230. The molecule has 7 nitrogen and oxygen atoms in total. The highest BCUT2D eigenvalue weighted by molar-refractivity contribution is 7.80. The summed E-state index contributed by atoms with van der Waals surface area (Å²) in [6, 6.07) is 17.5. The van der Waals surface area contributed by atoms with E-state index in [0.29, 0.717) is 0 Å². The first-order valence-corrected chi connectivity index (χ1v) is 14.7. The fourth-order valence-electron chi connectivity index (χ4n) is 6.16. The minimum Gasteiger partial charge on any atom is -0.379 e. The molecule has 0 saturated carbocycles. The number of aromatic nitrogens is 2. The third kappa shape index (κ3) is 5.83. The number of ether oxygens (including phenoxy) is 1.